The maximum Gasteiger partial charge on any atom is 0.253 e. The van der Waals surface area contributed by atoms with Crippen molar-refractivity contribution in [3.05, 3.63) is 30.1 Å². The number of hydrogen-bond donors (Lipinski definition) is 3. The van der Waals surface area contributed by atoms with Crippen molar-refractivity contribution in [2.75, 3.05) is 18.5 Å². The highest BCUT2D eigenvalue weighted by Gasteiger charge is 2.20. The van der Waals surface area contributed by atoms with Gasteiger partial charge in [0.1, 0.15) is 11.9 Å². The molecule has 2 aromatic rings. The van der Waals surface area contributed by atoms with Gasteiger partial charge in [0.25, 0.3) is 5.91 Å². The molecule has 1 aliphatic rings. The van der Waals surface area contributed by atoms with E-state index in [-0.39, 0.29) is 12.0 Å². The lowest BCUT2D eigenvalue weighted by atomic mass is 10.2. The van der Waals surface area contributed by atoms with Crippen LogP contribution in [0.15, 0.2) is 24.3 Å². The van der Waals surface area contributed by atoms with Gasteiger partial charge >= 0.3 is 0 Å². The van der Waals surface area contributed by atoms with Gasteiger partial charge in [0.05, 0.1) is 19.3 Å². The summed E-state index contributed by atoms with van der Waals surface area (Å²) in [6.07, 6.45) is 1.61. The third-order valence-electron chi connectivity index (χ3n) is 4.06. The van der Waals surface area contributed by atoms with E-state index in [4.69, 9.17) is 15.2 Å². The van der Waals surface area contributed by atoms with Gasteiger partial charge in [-0.3, -0.25) is 9.89 Å². The van der Waals surface area contributed by atoms with E-state index in [0.717, 1.165) is 25.0 Å². The molecule has 8 heteroatoms. The van der Waals surface area contributed by atoms with Crippen LogP contribution in [-0.4, -0.2) is 46.5 Å². The highest BCUT2D eigenvalue weighted by atomic mass is 16.5. The number of nitrogens with one attached hydrogen (secondary N) is 2. The third kappa shape index (κ3) is 4.62. The van der Waals surface area contributed by atoms with Crippen LogP contribution in [0.3, 0.4) is 0 Å². The normalized spacial score (nSPS) is 18.2. The second-order valence-electron chi connectivity index (χ2n) is 5.99. The fraction of sp³-hybridized carbons (Fsp3) is 0.471. The zero-order chi connectivity index (χ0) is 17.6. The van der Waals surface area contributed by atoms with Gasteiger partial charge in [0.15, 0.2) is 5.82 Å². The van der Waals surface area contributed by atoms with Crippen LogP contribution in [-0.2, 0) is 20.8 Å². The molecule has 25 heavy (non-hydrogen) atoms. The van der Waals surface area contributed by atoms with Gasteiger partial charge in [-0.25, -0.2) is 4.98 Å². The Morgan fingerprint density at radius 1 is 1.48 bits per heavy atom. The molecule has 0 aliphatic carbocycles. The summed E-state index contributed by atoms with van der Waals surface area (Å²) < 4.78 is 11.1. The lowest BCUT2D eigenvalue weighted by Gasteiger charge is -2.16. The van der Waals surface area contributed by atoms with Gasteiger partial charge < -0.3 is 20.5 Å². The first kappa shape index (κ1) is 17.5. The van der Waals surface area contributed by atoms with Crippen molar-refractivity contribution in [3.8, 4) is 11.4 Å². The molecule has 1 amide bonds. The molecule has 2 heterocycles. The molecule has 8 nitrogen and oxygen atoms in total. The molecule has 1 aromatic heterocycles. The number of carbonyl (C=O) groups is 1. The predicted molar refractivity (Wildman–Crippen MR) is 92.7 cm³/mol. The first-order valence-corrected chi connectivity index (χ1v) is 8.41. The fourth-order valence-corrected chi connectivity index (χ4v) is 2.57. The number of aromatic nitrogens is 3. The molecule has 0 bridgehead atoms. The number of nitrogens with zero attached hydrogens (tertiary/aromatic N) is 2. The molecular weight excluding hydrogens is 322 g/mol. The van der Waals surface area contributed by atoms with Crippen LogP contribution in [0.4, 0.5) is 5.69 Å². The second kappa shape index (κ2) is 8.19. The minimum Gasteiger partial charge on any atom is -0.376 e. The van der Waals surface area contributed by atoms with Crippen molar-refractivity contribution in [3.63, 3.8) is 0 Å². The summed E-state index contributed by atoms with van der Waals surface area (Å²) in [4.78, 5) is 16.5. The highest BCUT2D eigenvalue weighted by molar-refractivity contribution is 5.94. The largest absolute Gasteiger partial charge is 0.376 e. The number of hydrogen-bond acceptors (Lipinski definition) is 6. The SMILES string of the molecule is CC(OCC1CCCO1)C(=O)Nc1ccc(-c2n[nH]c(CN)n2)cc1. The molecule has 1 saturated heterocycles. The molecule has 3 rings (SSSR count). The van der Waals surface area contributed by atoms with Crippen LogP contribution in [0, 0.1) is 0 Å². The third-order valence-corrected chi connectivity index (χ3v) is 4.06. The van der Waals surface area contributed by atoms with Crippen molar-refractivity contribution in [2.45, 2.75) is 38.5 Å². The van der Waals surface area contributed by atoms with Crippen molar-refractivity contribution in [1.82, 2.24) is 15.2 Å². The Morgan fingerprint density at radius 2 is 2.28 bits per heavy atom. The molecule has 2 unspecified atom stereocenters. The molecule has 0 spiro atoms. The Morgan fingerprint density at radius 3 is 2.92 bits per heavy atom. The van der Waals surface area contributed by atoms with Crippen molar-refractivity contribution < 1.29 is 14.3 Å². The molecule has 4 N–H and O–H groups in total. The number of H-pyrrole nitrogens is 1. The molecule has 0 radical (unpaired) electrons. The van der Waals surface area contributed by atoms with Crippen molar-refractivity contribution in [1.29, 1.82) is 0 Å². The minimum atomic E-state index is -0.538. The standard InChI is InChI=1S/C17H23N5O3/c1-11(25-10-14-3-2-8-24-14)17(23)19-13-6-4-12(5-7-13)16-20-15(9-18)21-22-16/h4-7,11,14H,2-3,8-10,18H2,1H3,(H,19,23)(H,20,21,22). The van der Waals surface area contributed by atoms with E-state index in [1.165, 1.54) is 0 Å². The number of carbonyl (C=O) groups excluding carboxylic acids is 1. The Labute approximate surface area is 146 Å². The summed E-state index contributed by atoms with van der Waals surface area (Å²) in [5.41, 5.74) is 7.05. The van der Waals surface area contributed by atoms with Gasteiger partial charge in [-0.05, 0) is 44.0 Å². The van der Waals surface area contributed by atoms with E-state index in [1.54, 1.807) is 19.1 Å². The van der Waals surface area contributed by atoms with Gasteiger partial charge in [-0.1, -0.05) is 0 Å². The zero-order valence-electron chi connectivity index (χ0n) is 14.2. The molecule has 1 aromatic carbocycles. The van der Waals surface area contributed by atoms with Crippen LogP contribution in [0.5, 0.6) is 0 Å². The molecular formula is C17H23N5O3. The fourth-order valence-electron chi connectivity index (χ4n) is 2.57. The summed E-state index contributed by atoms with van der Waals surface area (Å²) in [7, 11) is 0. The van der Waals surface area contributed by atoms with E-state index in [2.05, 4.69) is 20.5 Å². The number of ether oxygens (including phenoxy) is 2. The molecule has 1 aliphatic heterocycles. The number of benzene rings is 1. The van der Waals surface area contributed by atoms with Crippen molar-refractivity contribution in [2.24, 2.45) is 5.73 Å². The quantitative estimate of drug-likeness (QED) is 0.700. The first-order chi connectivity index (χ1) is 12.2. The smallest absolute Gasteiger partial charge is 0.253 e. The topological polar surface area (TPSA) is 115 Å². The maximum atomic E-state index is 12.2. The van der Waals surface area contributed by atoms with Crippen LogP contribution in [0.1, 0.15) is 25.6 Å². The van der Waals surface area contributed by atoms with Gasteiger partial charge in [0.2, 0.25) is 0 Å². The second-order valence-corrected chi connectivity index (χ2v) is 5.99. The number of rotatable bonds is 7. The summed E-state index contributed by atoms with van der Waals surface area (Å²) in [6, 6.07) is 7.30. The number of aromatic amines is 1. The van der Waals surface area contributed by atoms with Crippen molar-refractivity contribution >= 4 is 11.6 Å². The average Bonchev–Trinajstić information content (AvgIpc) is 3.32. The summed E-state index contributed by atoms with van der Waals surface area (Å²) in [5.74, 6) is 1.02. The van der Waals surface area contributed by atoms with E-state index >= 15 is 0 Å². The average molecular weight is 345 g/mol. The molecule has 2 atom stereocenters. The molecule has 0 saturated carbocycles. The Balaban J connectivity index is 1.52. The maximum absolute atomic E-state index is 12.2. The highest BCUT2D eigenvalue weighted by Crippen LogP contribution is 2.18. The van der Waals surface area contributed by atoms with E-state index in [1.807, 2.05) is 12.1 Å². The molecule has 1 fully saturated rings. The number of amides is 1. The number of nitrogens with two attached hydrogens (primary N) is 1. The van der Waals surface area contributed by atoms with E-state index in [9.17, 15) is 4.79 Å². The lowest BCUT2D eigenvalue weighted by molar-refractivity contribution is -0.128. The Kier molecular flexibility index (Phi) is 5.75. The van der Waals surface area contributed by atoms with Gasteiger partial charge in [-0.15, -0.1) is 0 Å². The van der Waals surface area contributed by atoms with Crippen LogP contribution in [0.2, 0.25) is 0 Å². The van der Waals surface area contributed by atoms with Gasteiger partial charge in [0, 0.05) is 17.9 Å². The van der Waals surface area contributed by atoms with Crippen LogP contribution in [0.25, 0.3) is 11.4 Å². The zero-order valence-corrected chi connectivity index (χ0v) is 14.2. The monoisotopic (exact) mass is 345 g/mol. The Hall–Kier alpha value is -2.29. The summed E-state index contributed by atoms with van der Waals surface area (Å²) >= 11 is 0. The number of anilines is 1. The van der Waals surface area contributed by atoms with Crippen LogP contribution < -0.4 is 11.1 Å². The van der Waals surface area contributed by atoms with E-state index in [0.29, 0.717) is 30.5 Å². The van der Waals surface area contributed by atoms with Gasteiger partial charge in [-0.2, -0.15) is 5.10 Å². The summed E-state index contributed by atoms with van der Waals surface area (Å²) in [6.45, 7) is 3.27. The minimum absolute atomic E-state index is 0.106. The Bertz CT molecular complexity index is 695. The lowest BCUT2D eigenvalue weighted by Crippen LogP contribution is -2.30. The molecule has 134 valence electrons. The van der Waals surface area contributed by atoms with Crippen LogP contribution >= 0.6 is 0 Å². The van der Waals surface area contributed by atoms with E-state index < -0.39 is 6.10 Å². The predicted octanol–water partition coefficient (Wildman–Crippen LogP) is 1.45. The summed E-state index contributed by atoms with van der Waals surface area (Å²) in [5, 5.41) is 9.71. The first-order valence-electron chi connectivity index (χ1n) is 8.41.